The van der Waals surface area contributed by atoms with E-state index in [1.165, 1.54) is 11.8 Å². The number of thioether (sulfide) groups is 1. The van der Waals surface area contributed by atoms with Crippen LogP contribution in [0.1, 0.15) is 37.6 Å². The predicted molar refractivity (Wildman–Crippen MR) is 113 cm³/mol. The smallest absolute Gasteiger partial charge is 0.250 e. The lowest BCUT2D eigenvalue weighted by atomic mass is 9.92. The number of carbonyl (C=O) groups excluding carboxylic acids is 3. The van der Waals surface area contributed by atoms with E-state index in [1.54, 1.807) is 24.3 Å². The van der Waals surface area contributed by atoms with Crippen LogP contribution < -0.4 is 16.4 Å². The van der Waals surface area contributed by atoms with Crippen LogP contribution in [0, 0.1) is 5.41 Å². The zero-order chi connectivity index (χ0) is 20.7. The molecule has 0 saturated carbocycles. The Morgan fingerprint density at radius 1 is 0.964 bits per heavy atom. The first kappa shape index (κ1) is 21.5. The molecule has 3 amide bonds. The largest absolute Gasteiger partial charge is 0.366 e. The molecule has 148 valence electrons. The molecule has 0 radical (unpaired) electrons. The van der Waals surface area contributed by atoms with Crippen LogP contribution in [0.4, 0.5) is 11.4 Å². The minimum atomic E-state index is -0.595. The molecule has 2 rings (SSSR count). The van der Waals surface area contributed by atoms with Gasteiger partial charge in [-0.25, -0.2) is 0 Å². The maximum Gasteiger partial charge on any atom is 0.250 e. The molecule has 0 aliphatic rings. The number of anilines is 2. The predicted octanol–water partition coefficient (Wildman–Crippen LogP) is 3.89. The fourth-order valence-corrected chi connectivity index (χ4v) is 3.25. The van der Waals surface area contributed by atoms with Crippen molar-refractivity contribution in [2.75, 3.05) is 16.4 Å². The first-order chi connectivity index (χ1) is 13.1. The fraction of sp³-hybridized carbons (Fsp3) is 0.286. The first-order valence-corrected chi connectivity index (χ1v) is 9.84. The van der Waals surface area contributed by atoms with Gasteiger partial charge in [0.05, 0.1) is 17.0 Å². The molecule has 2 aromatic rings. The molecule has 0 saturated heterocycles. The van der Waals surface area contributed by atoms with Gasteiger partial charge >= 0.3 is 0 Å². The van der Waals surface area contributed by atoms with Gasteiger partial charge in [0, 0.05) is 17.0 Å². The summed E-state index contributed by atoms with van der Waals surface area (Å²) in [4.78, 5) is 36.6. The second-order valence-corrected chi connectivity index (χ2v) is 8.61. The summed E-state index contributed by atoms with van der Waals surface area (Å²) in [5.74, 6) is -0.731. The molecule has 0 heterocycles. The molecule has 6 nitrogen and oxygen atoms in total. The quantitative estimate of drug-likeness (QED) is 0.615. The van der Waals surface area contributed by atoms with Crippen molar-refractivity contribution in [3.8, 4) is 0 Å². The molecule has 0 unspecified atom stereocenters. The van der Waals surface area contributed by atoms with E-state index in [2.05, 4.69) is 10.6 Å². The monoisotopic (exact) mass is 399 g/mol. The van der Waals surface area contributed by atoms with Crippen molar-refractivity contribution in [2.45, 2.75) is 32.1 Å². The maximum atomic E-state index is 12.2. The summed E-state index contributed by atoms with van der Waals surface area (Å²) in [7, 11) is 0. The molecule has 0 fully saturated rings. The van der Waals surface area contributed by atoms with E-state index < -0.39 is 5.91 Å². The number of amides is 3. The van der Waals surface area contributed by atoms with Crippen molar-refractivity contribution in [3.63, 3.8) is 0 Å². The molecule has 2 aromatic carbocycles. The number of carbonyl (C=O) groups is 3. The van der Waals surface area contributed by atoms with E-state index in [1.807, 2.05) is 45.0 Å². The van der Waals surface area contributed by atoms with Gasteiger partial charge in [-0.1, -0.05) is 39.0 Å². The molecule has 0 spiro atoms. The fourth-order valence-electron chi connectivity index (χ4n) is 2.49. The number of rotatable bonds is 7. The highest BCUT2D eigenvalue weighted by Crippen LogP contribution is 2.24. The lowest BCUT2D eigenvalue weighted by Gasteiger charge is -2.17. The number of hydrogen-bond acceptors (Lipinski definition) is 4. The van der Waals surface area contributed by atoms with E-state index in [-0.39, 0.29) is 28.5 Å². The second kappa shape index (κ2) is 9.41. The highest BCUT2D eigenvalue weighted by Gasteiger charge is 2.16. The van der Waals surface area contributed by atoms with Crippen LogP contribution in [0.3, 0.4) is 0 Å². The number of benzene rings is 2. The minimum absolute atomic E-state index is 0.0459. The number of para-hydroxylation sites is 1. The zero-order valence-electron chi connectivity index (χ0n) is 16.2. The van der Waals surface area contributed by atoms with Crippen LogP contribution in [0.25, 0.3) is 0 Å². The molecule has 7 heteroatoms. The Balaban J connectivity index is 1.93. The van der Waals surface area contributed by atoms with E-state index >= 15 is 0 Å². The van der Waals surface area contributed by atoms with Crippen molar-refractivity contribution in [2.24, 2.45) is 11.1 Å². The Labute approximate surface area is 169 Å². The number of nitrogens with one attached hydrogen (secondary N) is 2. The van der Waals surface area contributed by atoms with Crippen LogP contribution in [0.5, 0.6) is 0 Å². The van der Waals surface area contributed by atoms with Crippen molar-refractivity contribution in [1.29, 1.82) is 0 Å². The third kappa shape index (κ3) is 7.08. The zero-order valence-corrected chi connectivity index (χ0v) is 17.1. The van der Waals surface area contributed by atoms with Gasteiger partial charge in [0.1, 0.15) is 0 Å². The summed E-state index contributed by atoms with van der Waals surface area (Å²) in [6.07, 6.45) is 0.423. The highest BCUT2D eigenvalue weighted by molar-refractivity contribution is 8.00. The van der Waals surface area contributed by atoms with Gasteiger partial charge < -0.3 is 16.4 Å². The third-order valence-electron chi connectivity index (χ3n) is 3.65. The van der Waals surface area contributed by atoms with Crippen LogP contribution in [0.2, 0.25) is 0 Å². The summed E-state index contributed by atoms with van der Waals surface area (Å²) in [5, 5.41) is 5.59. The molecular formula is C21H25N3O3S. The normalized spacial score (nSPS) is 11.0. The Bertz CT molecular complexity index is 875. The summed E-state index contributed by atoms with van der Waals surface area (Å²) < 4.78 is 0. The molecule has 28 heavy (non-hydrogen) atoms. The first-order valence-electron chi connectivity index (χ1n) is 8.85. The molecule has 0 aromatic heterocycles. The number of hydrogen-bond donors (Lipinski definition) is 3. The van der Waals surface area contributed by atoms with E-state index in [0.717, 1.165) is 4.90 Å². The van der Waals surface area contributed by atoms with Crippen LogP contribution in [0.15, 0.2) is 53.4 Å². The summed E-state index contributed by atoms with van der Waals surface area (Å²) in [6, 6.07) is 13.9. The molecule has 0 aliphatic heterocycles. The van der Waals surface area contributed by atoms with Gasteiger partial charge in [-0.15, -0.1) is 11.8 Å². The summed E-state index contributed by atoms with van der Waals surface area (Å²) in [6.45, 7) is 6.02. The molecule has 0 atom stereocenters. The Morgan fingerprint density at radius 3 is 2.36 bits per heavy atom. The van der Waals surface area contributed by atoms with Crippen molar-refractivity contribution in [3.05, 3.63) is 54.1 Å². The SMILES string of the molecule is CC(C)(C)CC(=O)Nc1cccc(SCC(=O)Nc2ccccc2C(N)=O)c1. The molecule has 0 bridgehead atoms. The second-order valence-electron chi connectivity index (χ2n) is 7.56. The van der Waals surface area contributed by atoms with Gasteiger partial charge in [-0.2, -0.15) is 0 Å². The third-order valence-corrected chi connectivity index (χ3v) is 4.64. The average Bonchev–Trinajstić information content (AvgIpc) is 2.59. The lowest BCUT2D eigenvalue weighted by Crippen LogP contribution is -2.19. The standard InChI is InChI=1S/C21H25N3O3S/c1-21(2,3)12-18(25)23-14-7-6-8-15(11-14)28-13-19(26)24-17-10-5-4-9-16(17)20(22)27/h4-11H,12-13H2,1-3H3,(H2,22,27)(H,23,25)(H,24,26). The van der Waals surface area contributed by atoms with Gasteiger partial charge in [-0.05, 0) is 35.7 Å². The lowest BCUT2D eigenvalue weighted by molar-refractivity contribution is -0.118. The van der Waals surface area contributed by atoms with Gasteiger partial charge in [0.25, 0.3) is 5.91 Å². The van der Waals surface area contributed by atoms with E-state index in [9.17, 15) is 14.4 Å². The van der Waals surface area contributed by atoms with E-state index in [4.69, 9.17) is 5.73 Å². The molecule has 4 N–H and O–H groups in total. The molecular weight excluding hydrogens is 374 g/mol. The average molecular weight is 400 g/mol. The number of nitrogens with two attached hydrogens (primary N) is 1. The molecule has 0 aliphatic carbocycles. The number of primary amides is 1. The topological polar surface area (TPSA) is 101 Å². The summed E-state index contributed by atoms with van der Waals surface area (Å²) in [5.41, 5.74) is 6.59. The highest BCUT2D eigenvalue weighted by atomic mass is 32.2. The van der Waals surface area contributed by atoms with Crippen LogP contribution in [-0.4, -0.2) is 23.5 Å². The van der Waals surface area contributed by atoms with Gasteiger partial charge in [-0.3, -0.25) is 14.4 Å². The van der Waals surface area contributed by atoms with Crippen LogP contribution >= 0.6 is 11.8 Å². The Kier molecular flexibility index (Phi) is 7.23. The van der Waals surface area contributed by atoms with Gasteiger partial charge in [0.2, 0.25) is 11.8 Å². The minimum Gasteiger partial charge on any atom is -0.366 e. The van der Waals surface area contributed by atoms with Gasteiger partial charge in [0.15, 0.2) is 0 Å². The van der Waals surface area contributed by atoms with Crippen molar-refractivity contribution in [1.82, 2.24) is 0 Å². The summed E-state index contributed by atoms with van der Waals surface area (Å²) >= 11 is 1.34. The Hall–Kier alpha value is -2.80. The van der Waals surface area contributed by atoms with E-state index in [0.29, 0.717) is 17.8 Å². The van der Waals surface area contributed by atoms with Crippen molar-refractivity contribution < 1.29 is 14.4 Å². The van der Waals surface area contributed by atoms with Crippen molar-refractivity contribution >= 4 is 40.9 Å². The Morgan fingerprint density at radius 2 is 1.68 bits per heavy atom. The maximum absolute atomic E-state index is 12.2. The van der Waals surface area contributed by atoms with Crippen LogP contribution in [-0.2, 0) is 9.59 Å².